The quantitative estimate of drug-likeness (QED) is 0.268. The number of urea groups is 1. The molecular formula is C30H26F3N3O2. The van der Waals surface area contributed by atoms with E-state index in [2.05, 4.69) is 15.6 Å². The maximum atomic E-state index is 13.8. The Hall–Kier alpha value is -4.20. The van der Waals surface area contributed by atoms with Crippen LogP contribution < -0.4 is 10.6 Å². The molecule has 0 bridgehead atoms. The van der Waals surface area contributed by atoms with Crippen LogP contribution in [0.25, 0.3) is 22.0 Å². The van der Waals surface area contributed by atoms with E-state index in [1.54, 1.807) is 54.6 Å². The van der Waals surface area contributed by atoms with Crippen LogP contribution in [-0.4, -0.2) is 22.8 Å². The molecule has 5 nitrogen and oxygen atoms in total. The largest absolute Gasteiger partial charge is 0.418 e. The molecule has 2 amide bonds. The van der Waals surface area contributed by atoms with Gasteiger partial charge in [0.25, 0.3) is 0 Å². The van der Waals surface area contributed by atoms with Crippen LogP contribution in [0.2, 0.25) is 0 Å². The van der Waals surface area contributed by atoms with Gasteiger partial charge < -0.3 is 10.6 Å². The van der Waals surface area contributed by atoms with Gasteiger partial charge in [-0.15, -0.1) is 0 Å². The molecule has 0 unspecified atom stereocenters. The Kier molecular flexibility index (Phi) is 7.13. The summed E-state index contributed by atoms with van der Waals surface area (Å²) in [7, 11) is 0. The zero-order valence-corrected chi connectivity index (χ0v) is 20.5. The van der Waals surface area contributed by atoms with Crippen molar-refractivity contribution in [3.8, 4) is 11.1 Å². The van der Waals surface area contributed by atoms with E-state index in [0.29, 0.717) is 22.4 Å². The number of para-hydroxylation sites is 1. The second-order valence-electron chi connectivity index (χ2n) is 9.46. The molecule has 0 spiro atoms. The van der Waals surface area contributed by atoms with Crippen molar-refractivity contribution < 1.29 is 22.8 Å². The van der Waals surface area contributed by atoms with Crippen LogP contribution >= 0.6 is 0 Å². The van der Waals surface area contributed by atoms with Crippen molar-refractivity contribution in [3.63, 3.8) is 0 Å². The molecule has 0 saturated heterocycles. The molecule has 1 saturated carbocycles. The van der Waals surface area contributed by atoms with Crippen molar-refractivity contribution >= 4 is 28.4 Å². The molecule has 1 aliphatic rings. The SMILES string of the molecule is O=C(Nc1cccc(-c2c(C(=O)c3ccccc3)cnc3c(C(F)(F)F)cccc23)c1)NC1CCCCC1. The van der Waals surface area contributed by atoms with Crippen LogP contribution in [0.3, 0.4) is 0 Å². The fourth-order valence-electron chi connectivity index (χ4n) is 5.03. The van der Waals surface area contributed by atoms with Crippen molar-refractivity contribution in [2.24, 2.45) is 0 Å². The van der Waals surface area contributed by atoms with Gasteiger partial charge in [0.2, 0.25) is 0 Å². The molecule has 1 fully saturated rings. The summed E-state index contributed by atoms with van der Waals surface area (Å²) in [6.45, 7) is 0. The summed E-state index contributed by atoms with van der Waals surface area (Å²) in [5, 5.41) is 6.02. The van der Waals surface area contributed by atoms with Gasteiger partial charge in [0.15, 0.2) is 5.78 Å². The molecular weight excluding hydrogens is 491 g/mol. The number of carbonyl (C=O) groups excluding carboxylic acids is 2. The number of hydrogen-bond donors (Lipinski definition) is 2. The molecule has 4 aromatic rings. The van der Waals surface area contributed by atoms with Crippen molar-refractivity contribution in [2.75, 3.05) is 5.32 Å². The minimum atomic E-state index is -4.62. The lowest BCUT2D eigenvalue weighted by Gasteiger charge is -2.23. The third kappa shape index (κ3) is 5.39. The van der Waals surface area contributed by atoms with E-state index >= 15 is 0 Å². The topological polar surface area (TPSA) is 71.1 Å². The fraction of sp³-hybridized carbons (Fsp3) is 0.233. The summed E-state index contributed by atoms with van der Waals surface area (Å²) >= 11 is 0. The number of fused-ring (bicyclic) bond motifs is 1. The van der Waals surface area contributed by atoms with Gasteiger partial charge in [-0.1, -0.05) is 73.9 Å². The van der Waals surface area contributed by atoms with E-state index in [0.717, 1.165) is 31.7 Å². The molecule has 8 heteroatoms. The van der Waals surface area contributed by atoms with E-state index in [9.17, 15) is 22.8 Å². The van der Waals surface area contributed by atoms with Crippen LogP contribution in [0.1, 0.15) is 53.6 Å². The lowest BCUT2D eigenvalue weighted by atomic mass is 9.91. The molecule has 1 aromatic heterocycles. The first kappa shape index (κ1) is 25.4. The zero-order chi connectivity index (χ0) is 26.7. The monoisotopic (exact) mass is 517 g/mol. The Bertz CT molecular complexity index is 1480. The van der Waals surface area contributed by atoms with Crippen LogP contribution in [0, 0.1) is 0 Å². The number of rotatable bonds is 5. The van der Waals surface area contributed by atoms with E-state index in [-0.39, 0.29) is 34.3 Å². The van der Waals surface area contributed by atoms with Gasteiger partial charge in [0, 0.05) is 40.0 Å². The number of hydrogen-bond acceptors (Lipinski definition) is 3. The zero-order valence-electron chi connectivity index (χ0n) is 20.5. The Balaban J connectivity index is 1.59. The van der Waals surface area contributed by atoms with Crippen LogP contribution in [0.5, 0.6) is 0 Å². The number of aromatic nitrogens is 1. The highest BCUT2D eigenvalue weighted by Crippen LogP contribution is 2.39. The summed E-state index contributed by atoms with van der Waals surface area (Å²) in [4.78, 5) is 30.2. The van der Waals surface area contributed by atoms with E-state index in [1.807, 2.05) is 0 Å². The normalized spacial score (nSPS) is 14.3. The molecule has 194 valence electrons. The first-order chi connectivity index (χ1) is 18.3. The number of nitrogens with zero attached hydrogens (tertiary/aromatic N) is 1. The summed E-state index contributed by atoms with van der Waals surface area (Å²) in [5.74, 6) is -0.360. The smallest absolute Gasteiger partial charge is 0.335 e. The Morgan fingerprint density at radius 1 is 0.868 bits per heavy atom. The summed E-state index contributed by atoms with van der Waals surface area (Å²) < 4.78 is 41.4. The van der Waals surface area contributed by atoms with Gasteiger partial charge in [-0.25, -0.2) is 4.79 Å². The van der Waals surface area contributed by atoms with E-state index in [4.69, 9.17) is 0 Å². The minimum absolute atomic E-state index is 0.118. The van der Waals surface area contributed by atoms with Crippen molar-refractivity contribution in [2.45, 2.75) is 44.3 Å². The first-order valence-electron chi connectivity index (χ1n) is 12.6. The Morgan fingerprint density at radius 2 is 1.61 bits per heavy atom. The Morgan fingerprint density at radius 3 is 2.34 bits per heavy atom. The highest BCUT2D eigenvalue weighted by atomic mass is 19.4. The molecule has 2 N–H and O–H groups in total. The minimum Gasteiger partial charge on any atom is -0.335 e. The van der Waals surface area contributed by atoms with Gasteiger partial charge in [0.1, 0.15) is 0 Å². The highest BCUT2D eigenvalue weighted by molar-refractivity contribution is 6.17. The summed E-state index contributed by atoms with van der Waals surface area (Å²) in [6.07, 6.45) is 1.78. The maximum absolute atomic E-state index is 13.8. The molecule has 0 aliphatic heterocycles. The molecule has 3 aromatic carbocycles. The molecule has 38 heavy (non-hydrogen) atoms. The number of alkyl halides is 3. The Labute approximate surface area is 218 Å². The fourth-order valence-corrected chi connectivity index (χ4v) is 5.03. The third-order valence-electron chi connectivity index (χ3n) is 6.83. The standard InChI is InChI=1S/C30H26F3N3O2/c31-30(32,33)25-16-8-15-23-26(24(18-34-27(23)25)28(37)19-9-3-1-4-10-19)20-11-7-14-22(17-20)36-29(38)35-21-12-5-2-6-13-21/h1,3-4,7-11,14-18,21H,2,5-6,12-13H2,(H2,35,36,38). The average molecular weight is 518 g/mol. The second kappa shape index (κ2) is 10.7. The third-order valence-corrected chi connectivity index (χ3v) is 6.83. The average Bonchev–Trinajstić information content (AvgIpc) is 2.92. The number of pyridine rings is 1. The van der Waals surface area contributed by atoms with Crippen LogP contribution in [-0.2, 0) is 6.18 Å². The first-order valence-corrected chi connectivity index (χ1v) is 12.6. The number of anilines is 1. The number of nitrogens with one attached hydrogen (secondary N) is 2. The van der Waals surface area contributed by atoms with E-state index < -0.39 is 11.7 Å². The molecule has 5 rings (SSSR count). The van der Waals surface area contributed by atoms with Crippen LogP contribution in [0.15, 0.2) is 79.0 Å². The van der Waals surface area contributed by atoms with Crippen LogP contribution in [0.4, 0.5) is 23.7 Å². The lowest BCUT2D eigenvalue weighted by molar-refractivity contribution is -0.136. The highest BCUT2D eigenvalue weighted by Gasteiger charge is 2.34. The van der Waals surface area contributed by atoms with Crippen molar-refractivity contribution in [3.05, 3.63) is 95.7 Å². The number of halogens is 3. The van der Waals surface area contributed by atoms with Gasteiger partial charge in [-0.3, -0.25) is 9.78 Å². The predicted octanol–water partition coefficient (Wildman–Crippen LogP) is 7.61. The number of carbonyl (C=O) groups is 2. The molecule has 0 atom stereocenters. The van der Waals surface area contributed by atoms with E-state index in [1.165, 1.54) is 24.8 Å². The maximum Gasteiger partial charge on any atom is 0.418 e. The predicted molar refractivity (Wildman–Crippen MR) is 141 cm³/mol. The summed E-state index contributed by atoms with van der Waals surface area (Å²) in [6, 6.07) is 18.9. The number of amides is 2. The second-order valence-corrected chi connectivity index (χ2v) is 9.46. The molecule has 0 radical (unpaired) electrons. The molecule has 1 heterocycles. The van der Waals surface area contributed by atoms with Gasteiger partial charge in [-0.2, -0.15) is 13.2 Å². The van der Waals surface area contributed by atoms with Gasteiger partial charge >= 0.3 is 12.2 Å². The molecule has 1 aliphatic carbocycles. The van der Waals surface area contributed by atoms with Gasteiger partial charge in [0.05, 0.1) is 11.1 Å². The lowest BCUT2D eigenvalue weighted by Crippen LogP contribution is -2.39. The van der Waals surface area contributed by atoms with Crippen molar-refractivity contribution in [1.29, 1.82) is 0 Å². The van der Waals surface area contributed by atoms with Crippen molar-refractivity contribution in [1.82, 2.24) is 10.3 Å². The number of ketones is 1. The summed E-state index contributed by atoms with van der Waals surface area (Å²) in [5.41, 5.74) is 0.725. The van der Waals surface area contributed by atoms with Gasteiger partial charge in [-0.05, 0) is 36.6 Å². The number of benzene rings is 3.